The summed E-state index contributed by atoms with van der Waals surface area (Å²) in [6.45, 7) is 6.32. The number of amides is 1. The highest BCUT2D eigenvalue weighted by Gasteiger charge is 2.22. The van der Waals surface area contributed by atoms with Gasteiger partial charge in [0, 0.05) is 43.2 Å². The first-order chi connectivity index (χ1) is 11.7. The van der Waals surface area contributed by atoms with E-state index >= 15 is 0 Å². The van der Waals surface area contributed by atoms with E-state index in [9.17, 15) is 4.79 Å². The molecule has 124 valence electrons. The Morgan fingerprint density at radius 2 is 2.04 bits per heavy atom. The maximum Gasteiger partial charge on any atom is 0.209 e. The van der Waals surface area contributed by atoms with Crippen molar-refractivity contribution in [3.63, 3.8) is 0 Å². The predicted octanol–water partition coefficient (Wildman–Crippen LogP) is 3.01. The number of benzene rings is 1. The number of carbonyl (C=O) groups is 1. The Hall–Kier alpha value is -2.18. The SMILES string of the molecule is Cc1cc2c(s1)Nc1ccccc1N=C2CN1CCN(C=O)CC1. The standard InChI is InChI=1S/C18H20N4OS/c1-13-10-14-17(11-21-6-8-22(12-23)9-7-21)19-15-4-2-3-5-16(15)20-18(14)24-13/h2-5,10,12,20H,6-9,11H2,1H3. The fourth-order valence-corrected chi connectivity index (χ4v) is 4.13. The molecular weight excluding hydrogens is 320 g/mol. The molecule has 0 radical (unpaired) electrons. The van der Waals surface area contributed by atoms with Gasteiger partial charge in [-0.15, -0.1) is 11.3 Å². The smallest absolute Gasteiger partial charge is 0.209 e. The normalized spacial score (nSPS) is 17.4. The van der Waals surface area contributed by atoms with Crippen LogP contribution < -0.4 is 5.32 Å². The van der Waals surface area contributed by atoms with E-state index in [0.29, 0.717) is 0 Å². The third-order valence-electron chi connectivity index (χ3n) is 4.50. The molecule has 24 heavy (non-hydrogen) atoms. The van der Waals surface area contributed by atoms with Crippen LogP contribution in [0.25, 0.3) is 0 Å². The van der Waals surface area contributed by atoms with E-state index in [1.54, 1.807) is 11.3 Å². The van der Waals surface area contributed by atoms with Gasteiger partial charge in [-0.25, -0.2) is 4.99 Å². The number of thiophene rings is 1. The maximum atomic E-state index is 10.9. The summed E-state index contributed by atoms with van der Waals surface area (Å²) in [5.74, 6) is 0. The molecule has 0 unspecified atom stereocenters. The predicted molar refractivity (Wildman–Crippen MR) is 99.1 cm³/mol. The molecule has 2 aliphatic rings. The van der Waals surface area contributed by atoms with Crippen LogP contribution in [0.4, 0.5) is 16.4 Å². The number of nitrogens with zero attached hydrogens (tertiary/aromatic N) is 3. The van der Waals surface area contributed by atoms with Gasteiger partial charge in [-0.3, -0.25) is 9.69 Å². The van der Waals surface area contributed by atoms with Crippen molar-refractivity contribution in [3.8, 4) is 0 Å². The lowest BCUT2D eigenvalue weighted by atomic mass is 10.1. The van der Waals surface area contributed by atoms with E-state index in [-0.39, 0.29) is 0 Å². The summed E-state index contributed by atoms with van der Waals surface area (Å²) < 4.78 is 0. The Morgan fingerprint density at radius 1 is 1.25 bits per heavy atom. The van der Waals surface area contributed by atoms with Gasteiger partial charge < -0.3 is 10.2 Å². The Bertz CT molecular complexity index is 790. The van der Waals surface area contributed by atoms with E-state index in [1.807, 2.05) is 17.0 Å². The average molecular weight is 340 g/mol. The number of nitrogens with one attached hydrogen (secondary N) is 1. The molecule has 6 heteroatoms. The van der Waals surface area contributed by atoms with Crippen molar-refractivity contribution in [2.24, 2.45) is 4.99 Å². The molecule has 3 heterocycles. The molecule has 4 rings (SSSR count). The van der Waals surface area contributed by atoms with E-state index in [4.69, 9.17) is 4.99 Å². The van der Waals surface area contributed by atoms with E-state index < -0.39 is 0 Å². The highest BCUT2D eigenvalue weighted by atomic mass is 32.1. The number of rotatable bonds is 3. The van der Waals surface area contributed by atoms with Crippen molar-refractivity contribution in [3.05, 3.63) is 40.8 Å². The summed E-state index contributed by atoms with van der Waals surface area (Å²) in [4.78, 5) is 21.3. The average Bonchev–Trinajstić information content (AvgIpc) is 2.90. The van der Waals surface area contributed by atoms with Gasteiger partial charge in [0.2, 0.25) is 6.41 Å². The first-order valence-electron chi connectivity index (χ1n) is 8.19. The Morgan fingerprint density at radius 3 is 2.83 bits per heavy atom. The van der Waals surface area contributed by atoms with Crippen LogP contribution in [-0.4, -0.2) is 54.6 Å². The van der Waals surface area contributed by atoms with Crippen LogP contribution in [0.2, 0.25) is 0 Å². The van der Waals surface area contributed by atoms with Crippen molar-refractivity contribution in [2.75, 3.05) is 38.0 Å². The lowest BCUT2D eigenvalue weighted by Gasteiger charge is -2.32. The molecule has 0 spiro atoms. The minimum Gasteiger partial charge on any atom is -0.345 e. The van der Waals surface area contributed by atoms with Gasteiger partial charge in [0.25, 0.3) is 0 Å². The van der Waals surface area contributed by atoms with Gasteiger partial charge >= 0.3 is 0 Å². The van der Waals surface area contributed by atoms with Crippen molar-refractivity contribution < 1.29 is 4.79 Å². The molecule has 2 aliphatic heterocycles. The van der Waals surface area contributed by atoms with Crippen molar-refractivity contribution >= 4 is 39.8 Å². The fraction of sp³-hybridized carbons (Fsp3) is 0.333. The number of hydrogen-bond donors (Lipinski definition) is 1. The van der Waals surface area contributed by atoms with Gasteiger partial charge in [0.1, 0.15) is 5.00 Å². The van der Waals surface area contributed by atoms with E-state index in [1.165, 1.54) is 15.4 Å². The number of para-hydroxylation sites is 2. The third kappa shape index (κ3) is 2.95. The molecule has 0 atom stereocenters. The largest absolute Gasteiger partial charge is 0.345 e. The van der Waals surface area contributed by atoms with Crippen LogP contribution in [0.5, 0.6) is 0 Å². The quantitative estimate of drug-likeness (QED) is 0.874. The van der Waals surface area contributed by atoms with Gasteiger partial charge in [-0.05, 0) is 25.1 Å². The second-order valence-electron chi connectivity index (χ2n) is 6.22. The first-order valence-corrected chi connectivity index (χ1v) is 9.01. The summed E-state index contributed by atoms with van der Waals surface area (Å²) in [6.07, 6.45) is 0.945. The molecule has 0 bridgehead atoms. The van der Waals surface area contributed by atoms with Crippen LogP contribution >= 0.6 is 11.3 Å². The lowest BCUT2D eigenvalue weighted by Crippen LogP contribution is -2.47. The number of aliphatic imine (C=N–C) groups is 1. The topological polar surface area (TPSA) is 47.9 Å². The van der Waals surface area contributed by atoms with Crippen molar-refractivity contribution in [1.82, 2.24) is 9.80 Å². The molecular formula is C18H20N4OS. The number of anilines is 2. The summed E-state index contributed by atoms with van der Waals surface area (Å²) >= 11 is 1.77. The van der Waals surface area contributed by atoms with Crippen LogP contribution in [0.3, 0.4) is 0 Å². The monoisotopic (exact) mass is 340 g/mol. The van der Waals surface area contributed by atoms with Gasteiger partial charge in [-0.1, -0.05) is 12.1 Å². The van der Waals surface area contributed by atoms with Crippen LogP contribution in [0, 0.1) is 6.92 Å². The minimum absolute atomic E-state index is 0.793. The highest BCUT2D eigenvalue weighted by molar-refractivity contribution is 7.16. The zero-order valence-electron chi connectivity index (χ0n) is 13.7. The van der Waals surface area contributed by atoms with E-state index in [0.717, 1.165) is 56.2 Å². The summed E-state index contributed by atoms with van der Waals surface area (Å²) in [5.41, 5.74) is 4.35. The van der Waals surface area contributed by atoms with Crippen LogP contribution in [-0.2, 0) is 4.79 Å². The van der Waals surface area contributed by atoms with Gasteiger partial charge in [0.15, 0.2) is 0 Å². The number of fused-ring (bicyclic) bond motifs is 2. The maximum absolute atomic E-state index is 10.9. The molecule has 1 aromatic heterocycles. The Kier molecular flexibility index (Phi) is 4.08. The molecule has 1 amide bonds. The van der Waals surface area contributed by atoms with Gasteiger partial charge in [0.05, 0.1) is 17.1 Å². The zero-order chi connectivity index (χ0) is 16.5. The van der Waals surface area contributed by atoms with Gasteiger partial charge in [-0.2, -0.15) is 0 Å². The Labute approximate surface area is 145 Å². The Balaban J connectivity index is 1.65. The number of hydrogen-bond acceptors (Lipinski definition) is 5. The minimum atomic E-state index is 0.793. The van der Waals surface area contributed by atoms with Crippen LogP contribution in [0.15, 0.2) is 35.3 Å². The molecule has 1 aromatic carbocycles. The lowest BCUT2D eigenvalue weighted by molar-refractivity contribution is -0.119. The van der Waals surface area contributed by atoms with Crippen molar-refractivity contribution in [2.45, 2.75) is 6.92 Å². The molecule has 5 nitrogen and oxygen atoms in total. The molecule has 2 aromatic rings. The zero-order valence-corrected chi connectivity index (χ0v) is 14.5. The molecule has 0 saturated carbocycles. The second-order valence-corrected chi connectivity index (χ2v) is 7.47. The first kappa shape index (κ1) is 15.4. The molecule has 0 aliphatic carbocycles. The third-order valence-corrected chi connectivity index (χ3v) is 5.47. The number of carbonyl (C=O) groups excluding carboxylic acids is 1. The summed E-state index contributed by atoms with van der Waals surface area (Å²) in [6, 6.07) is 10.4. The fourth-order valence-electron chi connectivity index (χ4n) is 3.19. The van der Waals surface area contributed by atoms with Crippen molar-refractivity contribution in [1.29, 1.82) is 0 Å². The molecule has 1 fully saturated rings. The van der Waals surface area contributed by atoms with Crippen LogP contribution in [0.1, 0.15) is 10.4 Å². The number of piperazine rings is 1. The molecule has 1 N–H and O–H groups in total. The van der Waals surface area contributed by atoms with E-state index in [2.05, 4.69) is 35.3 Å². The number of aryl methyl sites for hydroxylation is 1. The summed E-state index contributed by atoms with van der Waals surface area (Å²) in [5, 5.41) is 4.71. The second kappa shape index (κ2) is 6.37. The summed E-state index contributed by atoms with van der Waals surface area (Å²) in [7, 11) is 0. The highest BCUT2D eigenvalue weighted by Crippen LogP contribution is 2.38. The molecule has 1 saturated heterocycles.